The van der Waals surface area contributed by atoms with Gasteiger partial charge in [0.05, 0.1) is 10.5 Å². The Kier molecular flexibility index (Phi) is 6.57. The van der Waals surface area contributed by atoms with Crippen molar-refractivity contribution < 1.29 is 26.3 Å². The quantitative estimate of drug-likeness (QED) is 0.657. The van der Waals surface area contributed by atoms with Gasteiger partial charge in [-0.1, -0.05) is 23.5 Å². The third-order valence-electron chi connectivity index (χ3n) is 5.90. The van der Waals surface area contributed by atoms with Gasteiger partial charge in [-0.2, -0.15) is 17.5 Å². The molecule has 1 aromatic carbocycles. The Balaban J connectivity index is 1.34. The van der Waals surface area contributed by atoms with Crippen molar-refractivity contribution in [1.82, 2.24) is 14.2 Å². The highest BCUT2D eigenvalue weighted by Crippen LogP contribution is 2.36. The molecule has 11 heteroatoms. The van der Waals surface area contributed by atoms with Gasteiger partial charge in [-0.3, -0.25) is 0 Å². The average molecular weight is 476 g/mol. The van der Waals surface area contributed by atoms with Crippen LogP contribution < -0.4 is 4.74 Å². The zero-order chi connectivity index (χ0) is 22.1. The summed E-state index contributed by atoms with van der Waals surface area (Å²) in [6, 6.07) is 4.61. The van der Waals surface area contributed by atoms with Crippen molar-refractivity contribution in [3.63, 3.8) is 0 Å². The highest BCUT2D eigenvalue weighted by Gasteiger charge is 2.40. The van der Waals surface area contributed by atoms with Crippen molar-refractivity contribution in [2.24, 2.45) is 0 Å². The molecule has 2 aliphatic rings. The molecule has 0 unspecified atom stereocenters. The second-order valence-corrected chi connectivity index (χ2v) is 10.5. The predicted molar refractivity (Wildman–Crippen MR) is 111 cm³/mol. The Hall–Kier alpha value is -1.69. The van der Waals surface area contributed by atoms with E-state index in [1.165, 1.54) is 27.8 Å². The summed E-state index contributed by atoms with van der Waals surface area (Å²) in [6.45, 7) is 2.14. The minimum Gasteiger partial charge on any atom is -0.467 e. The summed E-state index contributed by atoms with van der Waals surface area (Å²) >= 11 is 1.47. The second kappa shape index (κ2) is 9.05. The lowest BCUT2D eigenvalue weighted by Gasteiger charge is -2.41. The van der Waals surface area contributed by atoms with E-state index in [1.807, 2.05) is 5.38 Å². The van der Waals surface area contributed by atoms with E-state index in [0.29, 0.717) is 18.0 Å². The molecule has 31 heavy (non-hydrogen) atoms. The topological polar surface area (TPSA) is 62.7 Å². The molecule has 2 saturated heterocycles. The summed E-state index contributed by atoms with van der Waals surface area (Å²) in [4.78, 5) is 5.82. The standard InChI is InChI=1S/C20H24F3N3O3S2/c21-20(22,23)17-3-1-2-4-18(17)31(27,28)26-12-5-15(6-13-26)25-10-7-16(8-11-25)29-19-24-9-14-30-19/h1-4,9,14-16H,5-8,10-13H2. The Labute approximate surface area is 183 Å². The predicted octanol–water partition coefficient (Wildman–Crippen LogP) is 3.86. The van der Waals surface area contributed by atoms with Crippen molar-refractivity contribution in [3.8, 4) is 5.19 Å². The first-order chi connectivity index (χ1) is 14.7. The molecule has 0 N–H and O–H groups in total. The molecule has 2 aliphatic heterocycles. The third-order valence-corrected chi connectivity index (χ3v) is 8.52. The van der Waals surface area contributed by atoms with Gasteiger partial charge in [0.1, 0.15) is 6.10 Å². The monoisotopic (exact) mass is 475 g/mol. The van der Waals surface area contributed by atoms with Crippen LogP contribution in [0.4, 0.5) is 13.2 Å². The molecule has 1 aromatic heterocycles. The lowest BCUT2D eigenvalue weighted by atomic mass is 10.00. The Bertz CT molecular complexity index is 967. The molecule has 0 spiro atoms. The smallest absolute Gasteiger partial charge is 0.417 e. The zero-order valence-electron chi connectivity index (χ0n) is 16.8. The lowest BCUT2D eigenvalue weighted by molar-refractivity contribution is -0.139. The van der Waals surface area contributed by atoms with Crippen LogP contribution in [-0.2, 0) is 16.2 Å². The van der Waals surface area contributed by atoms with Crippen molar-refractivity contribution in [1.29, 1.82) is 0 Å². The molecule has 6 nitrogen and oxygen atoms in total. The van der Waals surface area contributed by atoms with Crippen LogP contribution in [0.15, 0.2) is 40.7 Å². The van der Waals surface area contributed by atoms with E-state index in [9.17, 15) is 21.6 Å². The molecular formula is C20H24F3N3O3S2. The number of alkyl halides is 3. The fourth-order valence-corrected chi connectivity index (χ4v) is 6.52. The molecule has 2 fully saturated rings. The molecule has 0 radical (unpaired) electrons. The fourth-order valence-electron chi connectivity index (χ4n) is 4.28. The van der Waals surface area contributed by atoms with E-state index in [0.717, 1.165) is 38.1 Å². The van der Waals surface area contributed by atoms with Crippen LogP contribution in [-0.4, -0.2) is 60.9 Å². The number of halogens is 3. The zero-order valence-corrected chi connectivity index (χ0v) is 18.4. The maximum atomic E-state index is 13.3. The van der Waals surface area contributed by atoms with Crippen LogP contribution >= 0.6 is 11.3 Å². The number of nitrogens with zero attached hydrogens (tertiary/aromatic N) is 3. The molecule has 0 atom stereocenters. The van der Waals surface area contributed by atoms with E-state index in [-0.39, 0.29) is 25.2 Å². The van der Waals surface area contributed by atoms with Crippen LogP contribution in [0.1, 0.15) is 31.2 Å². The van der Waals surface area contributed by atoms with Gasteiger partial charge in [-0.05, 0) is 37.8 Å². The number of likely N-dealkylation sites (tertiary alicyclic amines) is 1. The van der Waals surface area contributed by atoms with Crippen LogP contribution in [0, 0.1) is 0 Å². The number of thiazole rings is 1. The van der Waals surface area contributed by atoms with Gasteiger partial charge in [-0.25, -0.2) is 13.4 Å². The number of hydrogen-bond acceptors (Lipinski definition) is 6. The van der Waals surface area contributed by atoms with Gasteiger partial charge >= 0.3 is 6.18 Å². The van der Waals surface area contributed by atoms with Crippen LogP contribution in [0.25, 0.3) is 0 Å². The molecular weight excluding hydrogens is 451 g/mol. The van der Waals surface area contributed by atoms with Crippen LogP contribution in [0.3, 0.4) is 0 Å². The van der Waals surface area contributed by atoms with E-state index in [2.05, 4.69) is 9.88 Å². The highest BCUT2D eigenvalue weighted by atomic mass is 32.2. The Morgan fingerprint density at radius 1 is 1.03 bits per heavy atom. The lowest BCUT2D eigenvalue weighted by Crippen LogP contribution is -2.50. The minimum absolute atomic E-state index is 0.127. The maximum absolute atomic E-state index is 13.3. The summed E-state index contributed by atoms with van der Waals surface area (Å²) in [7, 11) is -4.20. The fraction of sp³-hybridized carbons (Fsp3) is 0.550. The summed E-state index contributed by atoms with van der Waals surface area (Å²) in [5, 5.41) is 2.55. The van der Waals surface area contributed by atoms with Crippen molar-refractivity contribution in [2.45, 2.75) is 48.9 Å². The Morgan fingerprint density at radius 2 is 1.71 bits per heavy atom. The van der Waals surface area contributed by atoms with Crippen LogP contribution in [0.5, 0.6) is 5.19 Å². The summed E-state index contributed by atoms with van der Waals surface area (Å²) in [6.07, 6.45) is 0.0731. The van der Waals surface area contributed by atoms with Gasteiger partial charge in [0, 0.05) is 43.8 Å². The van der Waals surface area contributed by atoms with Gasteiger partial charge < -0.3 is 9.64 Å². The number of sulfonamides is 1. The third kappa shape index (κ3) is 5.05. The molecule has 0 bridgehead atoms. The van der Waals surface area contributed by atoms with Crippen molar-refractivity contribution in [3.05, 3.63) is 41.4 Å². The Morgan fingerprint density at radius 3 is 2.32 bits per heavy atom. The maximum Gasteiger partial charge on any atom is 0.417 e. The summed E-state index contributed by atoms with van der Waals surface area (Å²) in [5.74, 6) is 0. The molecule has 2 aromatic rings. The van der Waals surface area contributed by atoms with E-state index in [1.54, 1.807) is 6.20 Å². The summed E-state index contributed by atoms with van der Waals surface area (Å²) in [5.41, 5.74) is -1.11. The van der Waals surface area contributed by atoms with E-state index < -0.39 is 26.7 Å². The first-order valence-corrected chi connectivity index (χ1v) is 12.5. The van der Waals surface area contributed by atoms with Gasteiger partial charge in [0.25, 0.3) is 5.19 Å². The number of benzene rings is 1. The average Bonchev–Trinajstić information content (AvgIpc) is 3.27. The number of piperidine rings is 2. The minimum atomic E-state index is -4.72. The molecule has 4 rings (SSSR count). The number of rotatable bonds is 5. The van der Waals surface area contributed by atoms with E-state index >= 15 is 0 Å². The summed E-state index contributed by atoms with van der Waals surface area (Å²) < 4.78 is 72.8. The number of aromatic nitrogens is 1. The van der Waals surface area contributed by atoms with Crippen molar-refractivity contribution >= 4 is 21.4 Å². The van der Waals surface area contributed by atoms with E-state index in [4.69, 9.17) is 4.74 Å². The largest absolute Gasteiger partial charge is 0.467 e. The van der Waals surface area contributed by atoms with Gasteiger partial charge in [0.15, 0.2) is 0 Å². The molecule has 0 saturated carbocycles. The SMILES string of the molecule is O=S(=O)(c1ccccc1C(F)(F)F)N1CCC(N2CCC(Oc3nccs3)CC2)CC1. The normalized spacial score (nSPS) is 20.7. The van der Waals surface area contributed by atoms with Gasteiger partial charge in [0.2, 0.25) is 10.0 Å². The van der Waals surface area contributed by atoms with Gasteiger partial charge in [-0.15, -0.1) is 0 Å². The molecule has 0 amide bonds. The van der Waals surface area contributed by atoms with Crippen molar-refractivity contribution in [2.75, 3.05) is 26.2 Å². The number of ether oxygens (including phenoxy) is 1. The molecule has 3 heterocycles. The second-order valence-electron chi connectivity index (χ2n) is 7.78. The number of hydrogen-bond donors (Lipinski definition) is 0. The molecule has 170 valence electrons. The first-order valence-electron chi connectivity index (χ1n) is 10.2. The highest BCUT2D eigenvalue weighted by molar-refractivity contribution is 7.89. The van der Waals surface area contributed by atoms with Crippen LogP contribution in [0.2, 0.25) is 0 Å². The first kappa shape index (κ1) is 22.5. The molecule has 0 aliphatic carbocycles.